The molecule has 112 valence electrons. The number of nitrogens with zero attached hydrogens (tertiary/aromatic N) is 2. The van der Waals surface area contributed by atoms with Crippen molar-refractivity contribution in [2.45, 2.75) is 51.5 Å². The predicted molar refractivity (Wildman–Crippen MR) is 82.6 cm³/mol. The van der Waals surface area contributed by atoms with Gasteiger partial charge in [0.1, 0.15) is 0 Å². The zero-order chi connectivity index (χ0) is 13.5. The van der Waals surface area contributed by atoms with Crippen molar-refractivity contribution in [1.82, 2.24) is 15.1 Å². The highest BCUT2D eigenvalue weighted by Crippen LogP contribution is 2.25. The van der Waals surface area contributed by atoms with Gasteiger partial charge in [-0.15, -0.1) is 0 Å². The largest absolute Gasteiger partial charge is 0.313 e. The lowest BCUT2D eigenvalue weighted by molar-refractivity contribution is 0.152. The summed E-state index contributed by atoms with van der Waals surface area (Å²) in [5.74, 6) is 0.926. The molecule has 2 rings (SSSR count). The number of piperazine rings is 1. The minimum absolute atomic E-state index is 0.713. The van der Waals surface area contributed by atoms with Gasteiger partial charge in [-0.05, 0) is 32.7 Å². The van der Waals surface area contributed by atoms with Gasteiger partial charge in [-0.1, -0.05) is 25.7 Å². The number of hydrogen-bond acceptors (Lipinski definition) is 3. The first kappa shape index (κ1) is 15.3. The van der Waals surface area contributed by atoms with Crippen LogP contribution in [0.4, 0.5) is 0 Å². The lowest BCUT2D eigenvalue weighted by atomic mass is 9.93. The van der Waals surface area contributed by atoms with Gasteiger partial charge < -0.3 is 10.2 Å². The van der Waals surface area contributed by atoms with Crippen LogP contribution in [0.5, 0.6) is 0 Å². The molecule has 0 aromatic heterocycles. The van der Waals surface area contributed by atoms with Crippen LogP contribution in [0, 0.1) is 5.92 Å². The molecule has 0 aromatic carbocycles. The highest BCUT2D eigenvalue weighted by atomic mass is 15.2. The maximum absolute atomic E-state index is 3.78. The van der Waals surface area contributed by atoms with E-state index in [0.717, 1.165) is 5.92 Å². The molecular weight excluding hydrogens is 234 g/mol. The fourth-order valence-electron chi connectivity index (χ4n) is 3.50. The minimum atomic E-state index is 0.713. The molecule has 0 aromatic rings. The Kier molecular flexibility index (Phi) is 6.62. The van der Waals surface area contributed by atoms with Gasteiger partial charge in [-0.3, -0.25) is 4.90 Å². The van der Waals surface area contributed by atoms with Crippen LogP contribution in [0.2, 0.25) is 0 Å². The first-order valence-electron chi connectivity index (χ1n) is 8.40. The fourth-order valence-corrected chi connectivity index (χ4v) is 3.50. The summed E-state index contributed by atoms with van der Waals surface area (Å²) in [5, 5.41) is 3.78. The molecule has 19 heavy (non-hydrogen) atoms. The molecule has 2 aliphatic rings. The fraction of sp³-hybridized carbons (Fsp3) is 1.00. The number of nitrogens with one attached hydrogen (secondary N) is 1. The third-order valence-electron chi connectivity index (χ3n) is 5.10. The van der Waals surface area contributed by atoms with Crippen molar-refractivity contribution in [3.63, 3.8) is 0 Å². The van der Waals surface area contributed by atoms with Crippen LogP contribution in [0.15, 0.2) is 0 Å². The minimum Gasteiger partial charge on any atom is -0.313 e. The summed E-state index contributed by atoms with van der Waals surface area (Å²) >= 11 is 0. The Balaban J connectivity index is 1.59. The summed E-state index contributed by atoms with van der Waals surface area (Å²) in [5.41, 5.74) is 0. The van der Waals surface area contributed by atoms with Crippen LogP contribution in [0.25, 0.3) is 0 Å². The Labute approximate surface area is 119 Å². The number of hydrogen-bond donors (Lipinski definition) is 1. The highest BCUT2D eigenvalue weighted by molar-refractivity contribution is 4.76. The molecule has 0 spiro atoms. The monoisotopic (exact) mass is 267 g/mol. The Morgan fingerprint density at radius 2 is 1.63 bits per heavy atom. The van der Waals surface area contributed by atoms with E-state index in [0.29, 0.717) is 6.04 Å². The van der Waals surface area contributed by atoms with Crippen molar-refractivity contribution in [1.29, 1.82) is 0 Å². The summed E-state index contributed by atoms with van der Waals surface area (Å²) in [6.45, 7) is 9.76. The number of likely N-dealkylation sites (N-methyl/N-ethyl adjacent to an activating group) is 1. The van der Waals surface area contributed by atoms with Gasteiger partial charge >= 0.3 is 0 Å². The standard InChI is InChI=1S/C16H33N3/c1-15(16-7-5-3-4-6-8-16)17-9-10-19-13-11-18(2)12-14-19/h15-17H,3-14H2,1-2H3/t15-/m0/s1. The van der Waals surface area contributed by atoms with E-state index in [1.165, 1.54) is 77.8 Å². The molecule has 0 amide bonds. The lowest BCUT2D eigenvalue weighted by Crippen LogP contribution is -2.47. The van der Waals surface area contributed by atoms with Crippen molar-refractivity contribution in [3.05, 3.63) is 0 Å². The summed E-state index contributed by atoms with van der Waals surface area (Å²) in [4.78, 5) is 5.03. The van der Waals surface area contributed by atoms with Crippen LogP contribution in [-0.4, -0.2) is 62.2 Å². The van der Waals surface area contributed by atoms with E-state index in [-0.39, 0.29) is 0 Å². The van der Waals surface area contributed by atoms with E-state index in [1.807, 2.05) is 0 Å². The average molecular weight is 267 g/mol. The van der Waals surface area contributed by atoms with E-state index in [4.69, 9.17) is 0 Å². The smallest absolute Gasteiger partial charge is 0.0110 e. The normalized spacial score (nSPS) is 26.2. The summed E-state index contributed by atoms with van der Waals surface area (Å²) in [6, 6.07) is 0.713. The number of rotatable bonds is 5. The summed E-state index contributed by atoms with van der Waals surface area (Å²) in [7, 11) is 2.23. The highest BCUT2D eigenvalue weighted by Gasteiger charge is 2.19. The van der Waals surface area contributed by atoms with E-state index in [1.54, 1.807) is 0 Å². The van der Waals surface area contributed by atoms with Gasteiger partial charge in [0.05, 0.1) is 0 Å². The maximum atomic E-state index is 3.78. The lowest BCUT2D eigenvalue weighted by Gasteiger charge is -2.33. The van der Waals surface area contributed by atoms with Crippen molar-refractivity contribution in [2.24, 2.45) is 5.92 Å². The molecule has 1 aliphatic heterocycles. The summed E-state index contributed by atoms with van der Waals surface area (Å²) in [6.07, 6.45) is 8.73. The molecule has 3 heteroatoms. The first-order valence-corrected chi connectivity index (χ1v) is 8.40. The second kappa shape index (κ2) is 8.23. The maximum Gasteiger partial charge on any atom is 0.0110 e. The predicted octanol–water partition coefficient (Wildman–Crippen LogP) is 2.18. The van der Waals surface area contributed by atoms with Crippen LogP contribution in [0.3, 0.4) is 0 Å². The molecule has 1 aliphatic carbocycles. The topological polar surface area (TPSA) is 18.5 Å². The molecule has 2 fully saturated rings. The van der Waals surface area contributed by atoms with E-state index >= 15 is 0 Å². The van der Waals surface area contributed by atoms with Gasteiger partial charge in [-0.2, -0.15) is 0 Å². The van der Waals surface area contributed by atoms with Crippen molar-refractivity contribution in [3.8, 4) is 0 Å². The quantitative estimate of drug-likeness (QED) is 0.770. The average Bonchev–Trinajstić information content (AvgIpc) is 2.70. The van der Waals surface area contributed by atoms with Gasteiger partial charge in [0.2, 0.25) is 0 Å². The van der Waals surface area contributed by atoms with Crippen LogP contribution in [-0.2, 0) is 0 Å². The molecule has 1 saturated carbocycles. The van der Waals surface area contributed by atoms with Crippen molar-refractivity contribution < 1.29 is 0 Å². The molecule has 0 bridgehead atoms. The van der Waals surface area contributed by atoms with Crippen molar-refractivity contribution in [2.75, 3.05) is 46.3 Å². The van der Waals surface area contributed by atoms with Crippen LogP contribution >= 0.6 is 0 Å². The zero-order valence-corrected chi connectivity index (χ0v) is 13.0. The van der Waals surface area contributed by atoms with E-state index in [9.17, 15) is 0 Å². The SMILES string of the molecule is C[C@H](NCCN1CCN(C)CC1)C1CCCCCC1. The van der Waals surface area contributed by atoms with Gasteiger partial charge in [0, 0.05) is 45.3 Å². The third-order valence-corrected chi connectivity index (χ3v) is 5.10. The second-order valence-electron chi connectivity index (χ2n) is 6.64. The van der Waals surface area contributed by atoms with E-state index < -0.39 is 0 Å². The Morgan fingerprint density at radius 1 is 1.00 bits per heavy atom. The van der Waals surface area contributed by atoms with Gasteiger partial charge in [-0.25, -0.2) is 0 Å². The first-order chi connectivity index (χ1) is 9.25. The second-order valence-corrected chi connectivity index (χ2v) is 6.64. The van der Waals surface area contributed by atoms with E-state index in [2.05, 4.69) is 29.1 Å². The van der Waals surface area contributed by atoms with Crippen LogP contribution < -0.4 is 5.32 Å². The molecule has 1 atom stereocenters. The van der Waals surface area contributed by atoms with Gasteiger partial charge in [0.15, 0.2) is 0 Å². The summed E-state index contributed by atoms with van der Waals surface area (Å²) < 4.78 is 0. The zero-order valence-electron chi connectivity index (χ0n) is 13.0. The Morgan fingerprint density at radius 3 is 2.26 bits per heavy atom. The van der Waals surface area contributed by atoms with Crippen LogP contribution in [0.1, 0.15) is 45.4 Å². The molecule has 0 unspecified atom stereocenters. The Hall–Kier alpha value is -0.120. The molecule has 0 radical (unpaired) electrons. The third kappa shape index (κ3) is 5.41. The molecule has 1 saturated heterocycles. The van der Waals surface area contributed by atoms with Crippen molar-refractivity contribution >= 4 is 0 Å². The van der Waals surface area contributed by atoms with Gasteiger partial charge in [0.25, 0.3) is 0 Å². The molecule has 1 heterocycles. The molecular formula is C16H33N3. The Bertz CT molecular complexity index is 228. The molecule has 3 nitrogen and oxygen atoms in total. The molecule has 1 N–H and O–H groups in total.